The topological polar surface area (TPSA) is 44.5 Å². The van der Waals surface area contributed by atoms with Gasteiger partial charge in [-0.2, -0.15) is 0 Å². The zero-order chi connectivity index (χ0) is 12.6. The van der Waals surface area contributed by atoms with Crippen LogP contribution in [0.5, 0.6) is 11.5 Å². The molecule has 1 aliphatic carbocycles. The Morgan fingerprint density at radius 1 is 1.06 bits per heavy atom. The third-order valence-corrected chi connectivity index (χ3v) is 3.87. The molecule has 3 rings (SSSR count). The average Bonchev–Trinajstić information content (AvgIpc) is 2.66. The fourth-order valence-electron chi connectivity index (χ4n) is 2.81. The van der Waals surface area contributed by atoms with Crippen LogP contribution in [0.3, 0.4) is 0 Å². The molecule has 0 amide bonds. The van der Waals surface area contributed by atoms with Crippen LogP contribution in [-0.4, -0.2) is 13.2 Å². The lowest BCUT2D eigenvalue weighted by Crippen LogP contribution is -2.33. The van der Waals surface area contributed by atoms with Crippen molar-refractivity contribution in [2.45, 2.75) is 37.6 Å². The third-order valence-electron chi connectivity index (χ3n) is 3.87. The summed E-state index contributed by atoms with van der Waals surface area (Å²) < 4.78 is 25.0. The van der Waals surface area contributed by atoms with E-state index in [1.807, 2.05) is 6.07 Å². The van der Waals surface area contributed by atoms with Gasteiger partial charge in [0.05, 0.1) is 13.2 Å². The molecule has 3 nitrogen and oxygen atoms in total. The van der Waals surface area contributed by atoms with Gasteiger partial charge in [0, 0.05) is 12.0 Å². The first-order valence-electron chi connectivity index (χ1n) is 6.58. The van der Waals surface area contributed by atoms with Crippen LogP contribution in [0.15, 0.2) is 12.1 Å². The molecule has 1 saturated carbocycles. The predicted octanol–water partition coefficient (Wildman–Crippen LogP) is 2.72. The maximum absolute atomic E-state index is 14.1. The minimum absolute atomic E-state index is 0.234. The van der Waals surface area contributed by atoms with E-state index >= 15 is 0 Å². The smallest absolute Gasteiger partial charge is 0.197 e. The normalized spacial score (nSPS) is 21.7. The summed E-state index contributed by atoms with van der Waals surface area (Å²) in [6.45, 7) is 1.06. The lowest BCUT2D eigenvalue weighted by molar-refractivity contribution is 0.292. The average molecular weight is 251 g/mol. The molecule has 1 aromatic carbocycles. The number of halogens is 1. The molecule has 0 atom stereocenters. The fraction of sp³-hybridized carbons (Fsp3) is 0.571. The van der Waals surface area contributed by atoms with Crippen molar-refractivity contribution in [3.63, 3.8) is 0 Å². The molecule has 1 aliphatic heterocycles. The van der Waals surface area contributed by atoms with Crippen LogP contribution in [0, 0.1) is 5.82 Å². The number of fused-ring (bicyclic) bond motifs is 1. The number of rotatable bonds is 1. The Kier molecular flexibility index (Phi) is 2.90. The van der Waals surface area contributed by atoms with Crippen LogP contribution in [0.2, 0.25) is 0 Å². The molecule has 0 aromatic heterocycles. The van der Waals surface area contributed by atoms with Crippen molar-refractivity contribution in [3.8, 4) is 11.5 Å². The van der Waals surface area contributed by atoms with Gasteiger partial charge in [0.2, 0.25) is 0 Å². The van der Waals surface area contributed by atoms with Crippen molar-refractivity contribution in [2.75, 3.05) is 13.2 Å². The van der Waals surface area contributed by atoms with Gasteiger partial charge >= 0.3 is 0 Å². The van der Waals surface area contributed by atoms with E-state index in [-0.39, 0.29) is 11.6 Å². The summed E-state index contributed by atoms with van der Waals surface area (Å²) in [6.07, 6.45) is 4.80. The Labute approximate surface area is 106 Å². The SMILES string of the molecule is NC1(c2cc(F)c3c(c2)OCCCO3)CCCC1. The molecule has 0 bridgehead atoms. The first-order chi connectivity index (χ1) is 8.69. The van der Waals surface area contributed by atoms with E-state index in [1.54, 1.807) is 0 Å². The molecule has 98 valence electrons. The van der Waals surface area contributed by atoms with Gasteiger partial charge in [-0.25, -0.2) is 4.39 Å². The van der Waals surface area contributed by atoms with Gasteiger partial charge < -0.3 is 15.2 Å². The van der Waals surface area contributed by atoms with E-state index in [9.17, 15) is 4.39 Å². The maximum atomic E-state index is 14.1. The highest BCUT2D eigenvalue weighted by molar-refractivity contribution is 5.46. The van der Waals surface area contributed by atoms with Gasteiger partial charge in [0.15, 0.2) is 17.3 Å². The predicted molar refractivity (Wildman–Crippen MR) is 66.3 cm³/mol. The van der Waals surface area contributed by atoms with Crippen LogP contribution in [0.4, 0.5) is 4.39 Å². The largest absolute Gasteiger partial charge is 0.489 e. The molecule has 2 N–H and O–H groups in total. The second-order valence-corrected chi connectivity index (χ2v) is 5.20. The van der Waals surface area contributed by atoms with Crippen molar-refractivity contribution < 1.29 is 13.9 Å². The summed E-state index contributed by atoms with van der Waals surface area (Å²) in [4.78, 5) is 0. The highest BCUT2D eigenvalue weighted by Gasteiger charge is 2.33. The summed E-state index contributed by atoms with van der Waals surface area (Å²) in [5.41, 5.74) is 6.80. The summed E-state index contributed by atoms with van der Waals surface area (Å²) in [7, 11) is 0. The molecule has 0 unspecified atom stereocenters. The molecule has 2 aliphatic rings. The van der Waals surface area contributed by atoms with Crippen LogP contribution in [-0.2, 0) is 5.54 Å². The first-order valence-corrected chi connectivity index (χ1v) is 6.58. The number of hydrogen-bond donors (Lipinski definition) is 1. The Bertz CT molecular complexity index is 455. The molecule has 1 fully saturated rings. The van der Waals surface area contributed by atoms with Crippen LogP contribution in [0.1, 0.15) is 37.7 Å². The highest BCUT2D eigenvalue weighted by atomic mass is 19.1. The van der Waals surface area contributed by atoms with Crippen molar-refractivity contribution in [2.24, 2.45) is 5.73 Å². The van der Waals surface area contributed by atoms with E-state index in [4.69, 9.17) is 15.2 Å². The van der Waals surface area contributed by atoms with Crippen molar-refractivity contribution in [1.82, 2.24) is 0 Å². The standard InChI is InChI=1S/C14H18FNO2/c15-11-8-10(14(16)4-1-2-5-14)9-12-13(11)18-7-3-6-17-12/h8-9H,1-7,16H2. The van der Waals surface area contributed by atoms with Gasteiger partial charge in [-0.3, -0.25) is 0 Å². The fourth-order valence-corrected chi connectivity index (χ4v) is 2.81. The third kappa shape index (κ3) is 1.94. The molecule has 1 aromatic rings. The van der Waals surface area contributed by atoms with Gasteiger partial charge in [-0.1, -0.05) is 12.8 Å². The van der Waals surface area contributed by atoms with E-state index in [1.165, 1.54) is 6.07 Å². The highest BCUT2D eigenvalue weighted by Crippen LogP contribution is 2.41. The lowest BCUT2D eigenvalue weighted by Gasteiger charge is -2.25. The molecule has 0 saturated heterocycles. The molecular weight excluding hydrogens is 233 g/mol. The van der Waals surface area contributed by atoms with Gasteiger partial charge in [0.1, 0.15) is 0 Å². The summed E-state index contributed by atoms with van der Waals surface area (Å²) >= 11 is 0. The molecular formula is C14H18FNO2. The van der Waals surface area contributed by atoms with Crippen molar-refractivity contribution >= 4 is 0 Å². The van der Waals surface area contributed by atoms with Crippen LogP contribution >= 0.6 is 0 Å². The molecule has 0 spiro atoms. The minimum Gasteiger partial charge on any atom is -0.489 e. The maximum Gasteiger partial charge on any atom is 0.197 e. The number of ether oxygens (including phenoxy) is 2. The number of benzene rings is 1. The van der Waals surface area contributed by atoms with Crippen molar-refractivity contribution in [3.05, 3.63) is 23.5 Å². The molecule has 1 heterocycles. The Morgan fingerprint density at radius 2 is 1.78 bits per heavy atom. The second kappa shape index (κ2) is 4.43. The summed E-state index contributed by atoms with van der Waals surface area (Å²) in [5.74, 6) is 0.373. The van der Waals surface area contributed by atoms with Crippen LogP contribution in [0.25, 0.3) is 0 Å². The Hall–Kier alpha value is -1.29. The Morgan fingerprint density at radius 3 is 2.56 bits per heavy atom. The zero-order valence-corrected chi connectivity index (χ0v) is 10.4. The lowest BCUT2D eigenvalue weighted by atomic mass is 9.89. The van der Waals surface area contributed by atoms with E-state index in [0.29, 0.717) is 19.0 Å². The molecule has 4 heteroatoms. The summed E-state index contributed by atoms with van der Waals surface area (Å²) in [6, 6.07) is 3.37. The van der Waals surface area contributed by atoms with E-state index < -0.39 is 5.54 Å². The van der Waals surface area contributed by atoms with Crippen molar-refractivity contribution in [1.29, 1.82) is 0 Å². The first kappa shape index (κ1) is 11.8. The van der Waals surface area contributed by atoms with Gasteiger partial charge in [-0.05, 0) is 30.5 Å². The van der Waals surface area contributed by atoms with Crippen LogP contribution < -0.4 is 15.2 Å². The quantitative estimate of drug-likeness (QED) is 0.834. The number of nitrogens with two attached hydrogens (primary N) is 1. The zero-order valence-electron chi connectivity index (χ0n) is 10.4. The minimum atomic E-state index is -0.397. The second-order valence-electron chi connectivity index (χ2n) is 5.20. The number of hydrogen-bond acceptors (Lipinski definition) is 3. The monoisotopic (exact) mass is 251 g/mol. The Balaban J connectivity index is 2.02. The summed E-state index contributed by atoms with van der Waals surface area (Å²) in [5, 5.41) is 0. The van der Waals surface area contributed by atoms with E-state index in [2.05, 4.69) is 0 Å². The van der Waals surface area contributed by atoms with E-state index in [0.717, 1.165) is 37.7 Å². The van der Waals surface area contributed by atoms with Gasteiger partial charge in [0.25, 0.3) is 0 Å². The van der Waals surface area contributed by atoms with Gasteiger partial charge in [-0.15, -0.1) is 0 Å². The molecule has 18 heavy (non-hydrogen) atoms. The molecule has 0 radical (unpaired) electrons.